The average Bonchev–Trinajstić information content (AvgIpc) is 3.12. The third kappa shape index (κ3) is 3.94. The van der Waals surface area contributed by atoms with E-state index in [-0.39, 0.29) is 21.5 Å². The van der Waals surface area contributed by atoms with Crippen molar-refractivity contribution in [2.24, 2.45) is 0 Å². The van der Waals surface area contributed by atoms with Crippen LogP contribution in [0.4, 0.5) is 0 Å². The molecule has 0 fully saturated rings. The molecule has 130 valence electrons. The fourth-order valence-electron chi connectivity index (χ4n) is 2.03. The van der Waals surface area contributed by atoms with Gasteiger partial charge in [-0.1, -0.05) is 29.3 Å². The third-order valence-corrected chi connectivity index (χ3v) is 6.33. The zero-order valence-electron chi connectivity index (χ0n) is 12.5. The molecule has 6 nitrogen and oxygen atoms in total. The van der Waals surface area contributed by atoms with Crippen molar-refractivity contribution in [3.05, 3.63) is 73.3 Å². The fourth-order valence-corrected chi connectivity index (χ4v) is 4.02. The first-order valence-electron chi connectivity index (χ1n) is 6.94. The number of rotatable bonds is 5. The first kappa shape index (κ1) is 18.1. The molecule has 0 amide bonds. The van der Waals surface area contributed by atoms with Gasteiger partial charge in [0.15, 0.2) is 0 Å². The number of sulfonamides is 1. The number of hydrogen-bond donors (Lipinski definition) is 1. The number of nitrogens with zero attached hydrogens (tertiary/aromatic N) is 2. The lowest BCUT2D eigenvalue weighted by Crippen LogP contribution is -2.23. The highest BCUT2D eigenvalue weighted by Crippen LogP contribution is 2.18. The van der Waals surface area contributed by atoms with E-state index in [0.29, 0.717) is 5.69 Å². The topological polar surface area (TPSA) is 81.1 Å². The van der Waals surface area contributed by atoms with Crippen LogP contribution in [0.1, 0.15) is 4.88 Å². The van der Waals surface area contributed by atoms with Crippen LogP contribution in [0, 0.1) is 0 Å². The molecule has 3 aromatic rings. The van der Waals surface area contributed by atoms with E-state index in [4.69, 9.17) is 23.2 Å². The molecule has 3 rings (SSSR count). The highest BCUT2D eigenvalue weighted by atomic mass is 35.5. The monoisotopic (exact) mass is 415 g/mol. The van der Waals surface area contributed by atoms with Crippen molar-refractivity contribution in [1.29, 1.82) is 0 Å². The zero-order valence-corrected chi connectivity index (χ0v) is 15.7. The van der Waals surface area contributed by atoms with Gasteiger partial charge in [0.05, 0.1) is 21.8 Å². The van der Waals surface area contributed by atoms with E-state index >= 15 is 0 Å². The van der Waals surface area contributed by atoms with Crippen LogP contribution < -0.4 is 10.3 Å². The molecule has 0 unspecified atom stereocenters. The minimum atomic E-state index is -3.66. The second-order valence-electron chi connectivity index (χ2n) is 4.92. The number of nitrogens with one attached hydrogen (secondary N) is 1. The van der Waals surface area contributed by atoms with Crippen molar-refractivity contribution >= 4 is 44.6 Å². The number of halogens is 2. The van der Waals surface area contributed by atoms with Gasteiger partial charge in [-0.25, -0.2) is 13.1 Å². The van der Waals surface area contributed by atoms with Crippen LogP contribution in [0.2, 0.25) is 10.0 Å². The molecule has 0 atom stereocenters. The van der Waals surface area contributed by atoms with Crippen molar-refractivity contribution in [1.82, 2.24) is 14.5 Å². The Bertz CT molecular complexity index is 1050. The van der Waals surface area contributed by atoms with Crippen molar-refractivity contribution < 1.29 is 8.42 Å². The van der Waals surface area contributed by atoms with Gasteiger partial charge in [-0.2, -0.15) is 9.78 Å². The molecular weight excluding hydrogens is 405 g/mol. The van der Waals surface area contributed by atoms with Crippen LogP contribution in [0.15, 0.2) is 57.7 Å². The predicted octanol–water partition coefficient (Wildman–Crippen LogP) is 3.08. The number of aromatic nitrogens is 2. The SMILES string of the molecule is O=c1c(Cl)c(Cl)cnn1-c1ccc(S(=O)(=O)NCc2cccs2)cc1. The molecule has 0 saturated heterocycles. The Kier molecular flexibility index (Phi) is 5.26. The molecule has 0 aliphatic carbocycles. The molecule has 10 heteroatoms. The zero-order chi connectivity index (χ0) is 18.0. The van der Waals surface area contributed by atoms with Gasteiger partial charge in [0.2, 0.25) is 10.0 Å². The summed E-state index contributed by atoms with van der Waals surface area (Å²) in [6.45, 7) is 0.218. The Hall–Kier alpha value is -1.71. The van der Waals surface area contributed by atoms with Crippen molar-refractivity contribution in [3.63, 3.8) is 0 Å². The van der Waals surface area contributed by atoms with Gasteiger partial charge >= 0.3 is 0 Å². The van der Waals surface area contributed by atoms with E-state index < -0.39 is 15.6 Å². The molecule has 0 spiro atoms. The van der Waals surface area contributed by atoms with Gasteiger partial charge in [-0.3, -0.25) is 4.79 Å². The van der Waals surface area contributed by atoms with E-state index in [0.717, 1.165) is 9.56 Å². The average molecular weight is 416 g/mol. The molecule has 0 aliphatic heterocycles. The summed E-state index contributed by atoms with van der Waals surface area (Å²) in [5, 5.41) is 5.68. The van der Waals surface area contributed by atoms with Crippen molar-refractivity contribution in [2.45, 2.75) is 11.4 Å². The highest BCUT2D eigenvalue weighted by Gasteiger charge is 2.15. The molecule has 1 aromatic carbocycles. The van der Waals surface area contributed by atoms with Crippen LogP contribution in [0.5, 0.6) is 0 Å². The van der Waals surface area contributed by atoms with Gasteiger partial charge < -0.3 is 0 Å². The first-order valence-corrected chi connectivity index (χ1v) is 10.1. The standard InChI is InChI=1S/C15H11Cl2N3O3S2/c16-13-9-18-20(15(21)14(13)17)10-3-5-12(6-4-10)25(22,23)19-8-11-2-1-7-24-11/h1-7,9,19H,8H2. The van der Waals surface area contributed by atoms with Crippen LogP contribution in [-0.2, 0) is 16.6 Å². The Balaban J connectivity index is 1.85. The summed E-state index contributed by atoms with van der Waals surface area (Å²) in [7, 11) is -3.66. The summed E-state index contributed by atoms with van der Waals surface area (Å²) in [4.78, 5) is 13.1. The normalized spacial score (nSPS) is 11.6. The molecule has 25 heavy (non-hydrogen) atoms. The van der Waals surface area contributed by atoms with E-state index in [9.17, 15) is 13.2 Å². The van der Waals surface area contributed by atoms with E-state index in [2.05, 4.69) is 9.82 Å². The Morgan fingerprint density at radius 3 is 2.52 bits per heavy atom. The lowest BCUT2D eigenvalue weighted by molar-refractivity contribution is 0.582. The van der Waals surface area contributed by atoms with Gasteiger partial charge in [0.1, 0.15) is 5.02 Å². The Morgan fingerprint density at radius 2 is 1.88 bits per heavy atom. The summed E-state index contributed by atoms with van der Waals surface area (Å²) in [5.41, 5.74) is -0.207. The van der Waals surface area contributed by atoms with Crippen LogP contribution in [-0.4, -0.2) is 18.2 Å². The molecule has 2 heterocycles. The van der Waals surface area contributed by atoms with Crippen LogP contribution in [0.3, 0.4) is 0 Å². The largest absolute Gasteiger partial charge is 0.291 e. The fraction of sp³-hybridized carbons (Fsp3) is 0.0667. The highest BCUT2D eigenvalue weighted by molar-refractivity contribution is 7.89. The van der Waals surface area contributed by atoms with E-state index in [1.165, 1.54) is 41.8 Å². The maximum Gasteiger partial charge on any atom is 0.291 e. The molecule has 1 N–H and O–H groups in total. The minimum absolute atomic E-state index is 0.0555. The van der Waals surface area contributed by atoms with Gasteiger partial charge in [-0.05, 0) is 35.7 Å². The predicted molar refractivity (Wildman–Crippen MR) is 98.2 cm³/mol. The molecule has 0 radical (unpaired) electrons. The van der Waals surface area contributed by atoms with Gasteiger partial charge in [0.25, 0.3) is 5.56 Å². The quantitative estimate of drug-likeness (QED) is 0.693. The molecule has 0 aliphatic rings. The summed E-state index contributed by atoms with van der Waals surface area (Å²) in [6.07, 6.45) is 1.25. The minimum Gasteiger partial charge on any atom is -0.266 e. The Labute approximate surface area is 157 Å². The second-order valence-corrected chi connectivity index (χ2v) is 8.51. The van der Waals surface area contributed by atoms with E-state index in [1.54, 1.807) is 0 Å². The van der Waals surface area contributed by atoms with Crippen LogP contribution >= 0.6 is 34.5 Å². The maximum absolute atomic E-state index is 12.3. The molecule has 0 bridgehead atoms. The molecular formula is C15H11Cl2N3O3S2. The molecule has 2 aromatic heterocycles. The summed E-state index contributed by atoms with van der Waals surface area (Å²) < 4.78 is 28.2. The summed E-state index contributed by atoms with van der Waals surface area (Å²) >= 11 is 13.0. The van der Waals surface area contributed by atoms with Crippen molar-refractivity contribution in [3.8, 4) is 5.69 Å². The summed E-state index contributed by atoms with van der Waals surface area (Å²) in [5.74, 6) is 0. The van der Waals surface area contributed by atoms with Crippen LogP contribution in [0.25, 0.3) is 5.69 Å². The van der Waals surface area contributed by atoms with Gasteiger partial charge in [0, 0.05) is 11.4 Å². The lowest BCUT2D eigenvalue weighted by Gasteiger charge is -2.08. The van der Waals surface area contributed by atoms with Crippen molar-refractivity contribution in [2.75, 3.05) is 0 Å². The first-order chi connectivity index (χ1) is 11.9. The van der Waals surface area contributed by atoms with Gasteiger partial charge in [-0.15, -0.1) is 11.3 Å². The third-order valence-electron chi connectivity index (χ3n) is 3.28. The molecule has 0 saturated carbocycles. The number of benzene rings is 1. The second kappa shape index (κ2) is 7.27. The summed E-state index contributed by atoms with van der Waals surface area (Å²) in [6, 6.07) is 9.42. The number of hydrogen-bond acceptors (Lipinski definition) is 5. The number of thiophene rings is 1. The lowest BCUT2D eigenvalue weighted by atomic mass is 10.3. The van der Waals surface area contributed by atoms with E-state index in [1.807, 2.05) is 17.5 Å². The maximum atomic E-state index is 12.3. The smallest absolute Gasteiger partial charge is 0.266 e. The Morgan fingerprint density at radius 1 is 1.16 bits per heavy atom.